The van der Waals surface area contributed by atoms with Gasteiger partial charge < -0.3 is 21.1 Å². The molecule has 5 N–H and O–H groups in total. The Morgan fingerprint density at radius 2 is 0.806 bits per heavy atom. The Kier molecular flexibility index (Phi) is 21.6. The van der Waals surface area contributed by atoms with Gasteiger partial charge in [-0.15, -0.1) is 0 Å². The number of rotatable bonds is 24. The third kappa shape index (κ3) is 20.2. The highest BCUT2D eigenvalue weighted by molar-refractivity contribution is 4.77. The van der Waals surface area contributed by atoms with Gasteiger partial charge in [0.05, 0.1) is 6.04 Å². The third-order valence-corrected chi connectivity index (χ3v) is 6.91. The van der Waals surface area contributed by atoms with E-state index in [0.717, 1.165) is 25.7 Å². The Morgan fingerprint density at radius 1 is 0.516 bits per heavy atom. The smallest absolute Gasteiger partial charge is 0.291 e. The van der Waals surface area contributed by atoms with Gasteiger partial charge in [-0.05, 0) is 12.3 Å². The van der Waals surface area contributed by atoms with Crippen LogP contribution in [0.15, 0.2) is 0 Å². The van der Waals surface area contributed by atoms with E-state index >= 15 is 0 Å². The van der Waals surface area contributed by atoms with Crippen LogP contribution in [0.3, 0.4) is 0 Å². The predicted octanol–water partition coefficient (Wildman–Crippen LogP) is 7.18. The summed E-state index contributed by atoms with van der Waals surface area (Å²) < 4.78 is 0. The third-order valence-electron chi connectivity index (χ3n) is 6.91. The Hall–Kier alpha value is -0.160. The minimum Gasteiger partial charge on any atom is -0.342 e. The number of unbranched alkanes of at least 4 members (excludes halogenated alkanes) is 19. The van der Waals surface area contributed by atoms with Gasteiger partial charge in [0.25, 0.3) is 5.97 Å². The topological polar surface area (TPSA) is 86.7 Å². The minimum absolute atomic E-state index is 0.0458. The lowest BCUT2D eigenvalue weighted by atomic mass is 9.90. The maximum atomic E-state index is 9.24. The predicted molar refractivity (Wildman–Crippen MR) is 134 cm³/mol. The highest BCUT2D eigenvalue weighted by atomic mass is 16.7. The molecule has 0 rings (SSSR count). The zero-order chi connectivity index (χ0) is 23.2. The molecule has 0 aliphatic carbocycles. The van der Waals surface area contributed by atoms with Crippen LogP contribution in [0.2, 0.25) is 0 Å². The molecular weight excluding hydrogens is 386 g/mol. The van der Waals surface area contributed by atoms with Crippen molar-refractivity contribution in [3.8, 4) is 0 Å². The van der Waals surface area contributed by atoms with Crippen LogP contribution >= 0.6 is 0 Å². The first-order chi connectivity index (χ1) is 14.9. The summed E-state index contributed by atoms with van der Waals surface area (Å²) in [5.41, 5.74) is 5.74. The normalized spacial score (nSPS) is 14.1. The van der Waals surface area contributed by atoms with Crippen molar-refractivity contribution in [2.45, 2.75) is 167 Å². The average molecular weight is 444 g/mol. The van der Waals surface area contributed by atoms with Crippen molar-refractivity contribution < 1.29 is 15.3 Å². The maximum absolute atomic E-state index is 9.24. The molecule has 0 spiro atoms. The lowest BCUT2D eigenvalue weighted by molar-refractivity contribution is -0.329. The quantitative estimate of drug-likeness (QED) is 0.0939. The van der Waals surface area contributed by atoms with Gasteiger partial charge in [0.2, 0.25) is 0 Å². The van der Waals surface area contributed by atoms with Crippen LogP contribution in [0.25, 0.3) is 0 Å². The fourth-order valence-corrected chi connectivity index (χ4v) is 4.62. The largest absolute Gasteiger partial charge is 0.342 e. The monoisotopic (exact) mass is 443 g/mol. The Balaban J connectivity index is 3.27. The molecule has 0 heterocycles. The van der Waals surface area contributed by atoms with Gasteiger partial charge in [-0.2, -0.15) is 0 Å². The standard InChI is InChI=1S/C27H57NO3/c1-3-5-6-7-8-9-10-11-12-13-14-15-16-17-18-19-20-21-22-23-24-25(4-2)26(28)27(29,30)31/h25-26,29-31H,3-24,28H2,1-2H3. The van der Waals surface area contributed by atoms with Crippen molar-refractivity contribution in [1.29, 1.82) is 0 Å². The van der Waals surface area contributed by atoms with E-state index in [4.69, 9.17) is 5.73 Å². The molecule has 2 unspecified atom stereocenters. The lowest BCUT2D eigenvalue weighted by Crippen LogP contribution is -2.52. The van der Waals surface area contributed by atoms with E-state index in [1.807, 2.05) is 6.92 Å². The second kappa shape index (κ2) is 21.7. The van der Waals surface area contributed by atoms with Crippen LogP contribution in [-0.2, 0) is 0 Å². The molecule has 4 nitrogen and oxygen atoms in total. The number of aliphatic hydroxyl groups is 3. The molecule has 0 saturated heterocycles. The first kappa shape index (κ1) is 30.8. The first-order valence-corrected chi connectivity index (χ1v) is 13.9. The molecule has 0 aliphatic heterocycles. The Labute approximate surface area is 194 Å². The summed E-state index contributed by atoms with van der Waals surface area (Å²) >= 11 is 0. The highest BCUT2D eigenvalue weighted by Gasteiger charge is 2.34. The van der Waals surface area contributed by atoms with Crippen LogP contribution in [0.1, 0.15) is 155 Å². The first-order valence-electron chi connectivity index (χ1n) is 13.9. The second-order valence-electron chi connectivity index (χ2n) is 9.89. The lowest BCUT2D eigenvalue weighted by Gasteiger charge is -2.29. The average Bonchev–Trinajstić information content (AvgIpc) is 2.74. The molecule has 4 heteroatoms. The number of hydrogen-bond acceptors (Lipinski definition) is 4. The van der Waals surface area contributed by atoms with E-state index in [-0.39, 0.29) is 5.92 Å². The van der Waals surface area contributed by atoms with Gasteiger partial charge >= 0.3 is 0 Å². The van der Waals surface area contributed by atoms with Gasteiger partial charge in [0.1, 0.15) is 0 Å². The molecule has 0 aromatic heterocycles. The van der Waals surface area contributed by atoms with Gasteiger partial charge in [-0.25, -0.2) is 0 Å². The van der Waals surface area contributed by atoms with E-state index in [0.29, 0.717) is 0 Å². The summed E-state index contributed by atoms with van der Waals surface area (Å²) in [4.78, 5) is 0. The van der Waals surface area contributed by atoms with Crippen LogP contribution < -0.4 is 5.73 Å². The van der Waals surface area contributed by atoms with E-state index < -0.39 is 12.0 Å². The van der Waals surface area contributed by atoms with Gasteiger partial charge in [0.15, 0.2) is 0 Å². The zero-order valence-corrected chi connectivity index (χ0v) is 21.1. The van der Waals surface area contributed by atoms with Gasteiger partial charge in [0, 0.05) is 0 Å². The summed E-state index contributed by atoms with van der Waals surface area (Å²) in [6, 6.07) is -0.988. The minimum atomic E-state index is -2.76. The fourth-order valence-electron chi connectivity index (χ4n) is 4.62. The zero-order valence-electron chi connectivity index (χ0n) is 21.1. The molecule has 0 bridgehead atoms. The summed E-state index contributed by atoms with van der Waals surface area (Å²) in [6.45, 7) is 4.26. The summed E-state index contributed by atoms with van der Waals surface area (Å²) in [5.74, 6) is -2.80. The summed E-state index contributed by atoms with van der Waals surface area (Å²) in [5, 5.41) is 27.7. The Morgan fingerprint density at radius 3 is 1.06 bits per heavy atom. The van der Waals surface area contributed by atoms with Crippen molar-refractivity contribution in [2.75, 3.05) is 0 Å². The Bertz CT molecular complexity index is 357. The molecule has 188 valence electrons. The summed E-state index contributed by atoms with van der Waals surface area (Å²) in [7, 11) is 0. The van der Waals surface area contributed by atoms with Crippen molar-refractivity contribution >= 4 is 0 Å². The van der Waals surface area contributed by atoms with E-state index in [1.54, 1.807) is 0 Å². The van der Waals surface area contributed by atoms with Crippen molar-refractivity contribution in [2.24, 2.45) is 11.7 Å². The highest BCUT2D eigenvalue weighted by Crippen LogP contribution is 2.22. The molecule has 0 radical (unpaired) electrons. The molecular formula is C27H57NO3. The number of hydrogen-bond donors (Lipinski definition) is 4. The van der Waals surface area contributed by atoms with Crippen molar-refractivity contribution in [1.82, 2.24) is 0 Å². The van der Waals surface area contributed by atoms with Crippen LogP contribution in [0.4, 0.5) is 0 Å². The van der Waals surface area contributed by atoms with Crippen LogP contribution in [0.5, 0.6) is 0 Å². The fraction of sp³-hybridized carbons (Fsp3) is 1.00. The van der Waals surface area contributed by atoms with Crippen LogP contribution in [-0.4, -0.2) is 27.3 Å². The molecule has 2 atom stereocenters. The maximum Gasteiger partial charge on any atom is 0.291 e. The molecule has 0 saturated carbocycles. The van der Waals surface area contributed by atoms with E-state index in [1.165, 1.54) is 116 Å². The SMILES string of the molecule is CCCCCCCCCCCCCCCCCCCCCCC(CC)C(N)C(O)(O)O. The van der Waals surface area contributed by atoms with Crippen molar-refractivity contribution in [3.05, 3.63) is 0 Å². The number of nitrogens with two attached hydrogens (primary N) is 1. The second-order valence-corrected chi connectivity index (χ2v) is 9.89. The van der Waals surface area contributed by atoms with Gasteiger partial charge in [-0.3, -0.25) is 0 Å². The molecule has 0 aromatic rings. The van der Waals surface area contributed by atoms with E-state index in [9.17, 15) is 15.3 Å². The summed E-state index contributed by atoms with van der Waals surface area (Å²) in [6.07, 6.45) is 29.0. The molecule has 0 fully saturated rings. The van der Waals surface area contributed by atoms with Gasteiger partial charge in [-0.1, -0.05) is 149 Å². The van der Waals surface area contributed by atoms with Crippen LogP contribution in [0, 0.1) is 5.92 Å². The molecule has 0 aliphatic rings. The molecule has 0 amide bonds. The molecule has 0 aromatic carbocycles. The van der Waals surface area contributed by atoms with Crippen molar-refractivity contribution in [3.63, 3.8) is 0 Å². The molecule has 31 heavy (non-hydrogen) atoms. The van der Waals surface area contributed by atoms with E-state index in [2.05, 4.69) is 6.92 Å².